The van der Waals surface area contributed by atoms with Crippen molar-refractivity contribution in [2.24, 2.45) is 0 Å². The van der Waals surface area contributed by atoms with Crippen molar-refractivity contribution in [2.75, 3.05) is 6.54 Å². The van der Waals surface area contributed by atoms with Gasteiger partial charge in [0, 0.05) is 12.1 Å². The average molecular weight is 291 g/mol. The molecule has 0 radical (unpaired) electrons. The first-order valence-electron chi connectivity index (χ1n) is 8.26. The molecule has 0 aliphatic heterocycles. The van der Waals surface area contributed by atoms with Gasteiger partial charge in [-0.25, -0.2) is 0 Å². The van der Waals surface area contributed by atoms with E-state index in [-0.39, 0.29) is 12.5 Å². The highest BCUT2D eigenvalue weighted by molar-refractivity contribution is 5.95. The highest BCUT2D eigenvalue weighted by atomic mass is 16.3. The highest BCUT2D eigenvalue weighted by Crippen LogP contribution is 2.09. The first-order chi connectivity index (χ1) is 10.3. The van der Waals surface area contributed by atoms with Crippen LogP contribution in [0.5, 0.6) is 0 Å². The highest BCUT2D eigenvalue weighted by Gasteiger charge is 2.08. The fraction of sp³-hybridized carbons (Fsp3) is 0.611. The van der Waals surface area contributed by atoms with E-state index in [2.05, 4.69) is 12.2 Å². The zero-order valence-corrected chi connectivity index (χ0v) is 13.2. The van der Waals surface area contributed by atoms with Crippen molar-refractivity contribution in [3.63, 3.8) is 0 Å². The molecule has 0 spiro atoms. The number of unbranched alkanes of at least 4 members (excludes halogenated alkanes) is 7. The summed E-state index contributed by atoms with van der Waals surface area (Å²) in [7, 11) is 0. The minimum absolute atomic E-state index is 0.0809. The van der Waals surface area contributed by atoms with Crippen LogP contribution in [0.15, 0.2) is 24.3 Å². The summed E-state index contributed by atoms with van der Waals surface area (Å²) in [6.07, 6.45) is 10.1. The van der Waals surface area contributed by atoms with Crippen LogP contribution in [0.4, 0.5) is 0 Å². The van der Waals surface area contributed by atoms with Crippen LogP contribution in [-0.2, 0) is 6.61 Å². The molecule has 0 aromatic heterocycles. The SMILES string of the molecule is CCCCCCCCCCNC(=O)c1ccccc1CO. The number of benzene rings is 1. The Morgan fingerprint density at radius 3 is 2.29 bits per heavy atom. The summed E-state index contributed by atoms with van der Waals surface area (Å²) in [6.45, 7) is 2.85. The number of hydrogen-bond acceptors (Lipinski definition) is 2. The van der Waals surface area contributed by atoms with E-state index in [4.69, 9.17) is 0 Å². The molecule has 1 amide bonds. The number of carbonyl (C=O) groups is 1. The lowest BCUT2D eigenvalue weighted by Gasteiger charge is -2.08. The van der Waals surface area contributed by atoms with Crippen molar-refractivity contribution in [2.45, 2.75) is 64.9 Å². The van der Waals surface area contributed by atoms with E-state index in [0.29, 0.717) is 17.7 Å². The van der Waals surface area contributed by atoms with Crippen LogP contribution >= 0.6 is 0 Å². The Balaban J connectivity index is 2.11. The first kappa shape index (κ1) is 17.7. The molecule has 2 N–H and O–H groups in total. The lowest BCUT2D eigenvalue weighted by Crippen LogP contribution is -2.25. The number of aliphatic hydroxyl groups is 1. The van der Waals surface area contributed by atoms with E-state index in [1.165, 1.54) is 44.9 Å². The van der Waals surface area contributed by atoms with Gasteiger partial charge in [-0.15, -0.1) is 0 Å². The minimum atomic E-state index is -0.0959. The number of amides is 1. The van der Waals surface area contributed by atoms with Gasteiger partial charge in [0.2, 0.25) is 0 Å². The number of carbonyl (C=O) groups excluding carboxylic acids is 1. The fourth-order valence-electron chi connectivity index (χ4n) is 2.44. The second-order valence-electron chi connectivity index (χ2n) is 5.55. The molecule has 0 saturated carbocycles. The predicted molar refractivity (Wildman–Crippen MR) is 87.3 cm³/mol. The second-order valence-corrected chi connectivity index (χ2v) is 5.55. The van der Waals surface area contributed by atoms with Crippen molar-refractivity contribution < 1.29 is 9.90 Å². The molecule has 0 unspecified atom stereocenters. The van der Waals surface area contributed by atoms with Gasteiger partial charge in [0.25, 0.3) is 5.91 Å². The van der Waals surface area contributed by atoms with Gasteiger partial charge in [-0.2, -0.15) is 0 Å². The largest absolute Gasteiger partial charge is 0.392 e. The molecule has 0 atom stereocenters. The van der Waals surface area contributed by atoms with Gasteiger partial charge in [0.05, 0.1) is 6.61 Å². The maximum absolute atomic E-state index is 12.0. The third kappa shape index (κ3) is 7.28. The van der Waals surface area contributed by atoms with E-state index in [1.807, 2.05) is 12.1 Å². The number of nitrogens with one attached hydrogen (secondary N) is 1. The smallest absolute Gasteiger partial charge is 0.251 e. The Kier molecular flexibility index (Phi) is 9.55. The molecule has 21 heavy (non-hydrogen) atoms. The molecular formula is C18H29NO2. The number of aliphatic hydroxyl groups excluding tert-OH is 1. The Bertz CT molecular complexity index is 404. The summed E-state index contributed by atoms with van der Waals surface area (Å²) in [5, 5.41) is 12.2. The topological polar surface area (TPSA) is 49.3 Å². The van der Waals surface area contributed by atoms with Crippen LogP contribution in [0.3, 0.4) is 0 Å². The van der Waals surface area contributed by atoms with Crippen molar-refractivity contribution >= 4 is 5.91 Å². The van der Waals surface area contributed by atoms with E-state index in [9.17, 15) is 9.90 Å². The minimum Gasteiger partial charge on any atom is -0.392 e. The van der Waals surface area contributed by atoms with Crippen LogP contribution in [0, 0.1) is 0 Å². The van der Waals surface area contributed by atoms with E-state index in [1.54, 1.807) is 12.1 Å². The van der Waals surface area contributed by atoms with Gasteiger partial charge in [0.15, 0.2) is 0 Å². The van der Waals surface area contributed by atoms with Crippen molar-refractivity contribution in [3.8, 4) is 0 Å². The summed E-state index contributed by atoms with van der Waals surface area (Å²) < 4.78 is 0. The molecular weight excluding hydrogens is 262 g/mol. The molecule has 0 fully saturated rings. The molecule has 1 aromatic carbocycles. The molecule has 3 nitrogen and oxygen atoms in total. The van der Waals surface area contributed by atoms with E-state index >= 15 is 0 Å². The molecule has 0 heterocycles. The van der Waals surface area contributed by atoms with Crippen LogP contribution in [-0.4, -0.2) is 17.6 Å². The van der Waals surface area contributed by atoms with E-state index < -0.39 is 0 Å². The molecule has 0 aliphatic rings. The first-order valence-corrected chi connectivity index (χ1v) is 8.26. The van der Waals surface area contributed by atoms with Crippen LogP contribution in [0.25, 0.3) is 0 Å². The molecule has 118 valence electrons. The quantitative estimate of drug-likeness (QED) is 0.604. The van der Waals surface area contributed by atoms with Crippen molar-refractivity contribution in [1.29, 1.82) is 0 Å². The summed E-state index contributed by atoms with van der Waals surface area (Å²) in [6, 6.07) is 7.20. The van der Waals surface area contributed by atoms with Crippen LogP contribution in [0.1, 0.15) is 74.2 Å². The van der Waals surface area contributed by atoms with E-state index in [0.717, 1.165) is 6.42 Å². The van der Waals surface area contributed by atoms with Crippen LogP contribution < -0.4 is 5.32 Å². The predicted octanol–water partition coefficient (Wildman–Crippen LogP) is 4.05. The monoisotopic (exact) mass is 291 g/mol. The zero-order valence-electron chi connectivity index (χ0n) is 13.2. The van der Waals surface area contributed by atoms with Gasteiger partial charge < -0.3 is 10.4 Å². The second kappa shape index (κ2) is 11.3. The number of hydrogen-bond donors (Lipinski definition) is 2. The summed E-state index contributed by atoms with van der Waals surface area (Å²) >= 11 is 0. The maximum atomic E-state index is 12.0. The van der Waals surface area contributed by atoms with Gasteiger partial charge in [-0.05, 0) is 18.1 Å². The summed E-state index contributed by atoms with van der Waals surface area (Å²) in [5.41, 5.74) is 1.27. The fourth-order valence-corrected chi connectivity index (χ4v) is 2.44. The van der Waals surface area contributed by atoms with Gasteiger partial charge in [-0.1, -0.05) is 70.1 Å². The summed E-state index contributed by atoms with van der Waals surface area (Å²) in [5.74, 6) is -0.0809. The molecule has 1 aromatic rings. The summed E-state index contributed by atoms with van der Waals surface area (Å²) in [4.78, 5) is 12.0. The van der Waals surface area contributed by atoms with Crippen LogP contribution in [0.2, 0.25) is 0 Å². The molecule has 0 saturated heterocycles. The van der Waals surface area contributed by atoms with Crippen molar-refractivity contribution in [3.05, 3.63) is 35.4 Å². The Labute approximate surface area is 128 Å². The molecule has 0 bridgehead atoms. The third-order valence-electron chi connectivity index (χ3n) is 3.75. The average Bonchev–Trinajstić information content (AvgIpc) is 2.53. The normalized spacial score (nSPS) is 10.6. The Morgan fingerprint density at radius 2 is 1.62 bits per heavy atom. The van der Waals surface area contributed by atoms with Gasteiger partial charge in [-0.3, -0.25) is 4.79 Å². The van der Waals surface area contributed by atoms with Gasteiger partial charge in [0.1, 0.15) is 0 Å². The molecule has 3 heteroatoms. The zero-order chi connectivity index (χ0) is 15.3. The number of rotatable bonds is 11. The van der Waals surface area contributed by atoms with Gasteiger partial charge >= 0.3 is 0 Å². The molecule has 0 aliphatic carbocycles. The maximum Gasteiger partial charge on any atom is 0.251 e. The lowest BCUT2D eigenvalue weighted by molar-refractivity contribution is 0.0950. The standard InChI is InChI=1S/C18H29NO2/c1-2-3-4-5-6-7-8-11-14-19-18(21)17-13-10-9-12-16(17)15-20/h9-10,12-13,20H,2-8,11,14-15H2,1H3,(H,19,21). The molecule has 1 rings (SSSR count). The lowest BCUT2D eigenvalue weighted by atomic mass is 10.1. The Morgan fingerprint density at radius 1 is 1.00 bits per heavy atom. The third-order valence-corrected chi connectivity index (χ3v) is 3.75. The van der Waals surface area contributed by atoms with Crippen molar-refractivity contribution in [1.82, 2.24) is 5.32 Å². The Hall–Kier alpha value is -1.35.